The lowest BCUT2D eigenvalue weighted by atomic mass is 9.84. The van der Waals surface area contributed by atoms with Crippen LogP contribution in [-0.4, -0.2) is 25.8 Å². The van der Waals surface area contributed by atoms with Gasteiger partial charge < -0.3 is 0 Å². The third-order valence-electron chi connectivity index (χ3n) is 4.44. The van der Waals surface area contributed by atoms with Gasteiger partial charge in [-0.25, -0.2) is 8.42 Å². The first-order chi connectivity index (χ1) is 9.32. The SMILES string of the molecule is Cc1cc(C)c(CC(CCl)C2CCS(=O)(=O)C2)c(C)c1. The molecule has 2 atom stereocenters. The molecule has 2 rings (SSSR count). The van der Waals surface area contributed by atoms with E-state index in [-0.39, 0.29) is 11.8 Å². The minimum absolute atomic E-state index is 0.220. The predicted molar refractivity (Wildman–Crippen MR) is 85.3 cm³/mol. The van der Waals surface area contributed by atoms with Gasteiger partial charge in [0, 0.05) is 5.88 Å². The first kappa shape index (κ1) is 15.8. The van der Waals surface area contributed by atoms with Gasteiger partial charge in [-0.15, -0.1) is 11.6 Å². The lowest BCUT2D eigenvalue weighted by molar-refractivity contribution is 0.397. The Kier molecular flexibility index (Phi) is 4.80. The van der Waals surface area contributed by atoms with Crippen LogP contribution in [0.4, 0.5) is 0 Å². The van der Waals surface area contributed by atoms with E-state index in [1.54, 1.807) is 0 Å². The van der Waals surface area contributed by atoms with E-state index in [9.17, 15) is 8.42 Å². The maximum atomic E-state index is 11.6. The molecule has 1 saturated heterocycles. The summed E-state index contributed by atoms with van der Waals surface area (Å²) in [5.74, 6) is 1.66. The highest BCUT2D eigenvalue weighted by molar-refractivity contribution is 7.91. The van der Waals surface area contributed by atoms with Gasteiger partial charge in [0.15, 0.2) is 9.84 Å². The summed E-state index contributed by atoms with van der Waals surface area (Å²) in [6.45, 7) is 6.37. The van der Waals surface area contributed by atoms with Crippen LogP contribution in [0, 0.1) is 32.6 Å². The van der Waals surface area contributed by atoms with E-state index in [1.807, 2.05) is 0 Å². The second-order valence-electron chi connectivity index (χ2n) is 6.16. The van der Waals surface area contributed by atoms with Crippen LogP contribution in [0.25, 0.3) is 0 Å². The topological polar surface area (TPSA) is 34.1 Å². The van der Waals surface area contributed by atoms with Gasteiger partial charge in [0.05, 0.1) is 11.5 Å². The van der Waals surface area contributed by atoms with E-state index < -0.39 is 9.84 Å². The van der Waals surface area contributed by atoms with Crippen LogP contribution in [0.15, 0.2) is 12.1 Å². The Morgan fingerprint density at radius 3 is 2.30 bits per heavy atom. The van der Waals surface area contributed by atoms with Gasteiger partial charge in [0.2, 0.25) is 0 Å². The highest BCUT2D eigenvalue weighted by Crippen LogP contribution is 2.31. The van der Waals surface area contributed by atoms with Crippen molar-refractivity contribution >= 4 is 21.4 Å². The maximum absolute atomic E-state index is 11.6. The minimum atomic E-state index is -2.83. The molecule has 20 heavy (non-hydrogen) atoms. The molecule has 0 aliphatic carbocycles. The summed E-state index contributed by atoms with van der Waals surface area (Å²) in [6, 6.07) is 4.39. The Labute approximate surface area is 127 Å². The van der Waals surface area contributed by atoms with E-state index in [0.29, 0.717) is 17.4 Å². The number of benzene rings is 1. The van der Waals surface area contributed by atoms with Gasteiger partial charge in [0.1, 0.15) is 0 Å². The summed E-state index contributed by atoms with van der Waals surface area (Å²) in [5.41, 5.74) is 5.19. The summed E-state index contributed by atoms with van der Waals surface area (Å²) < 4.78 is 23.3. The highest BCUT2D eigenvalue weighted by Gasteiger charge is 2.33. The molecule has 2 nitrogen and oxygen atoms in total. The Balaban J connectivity index is 2.19. The van der Waals surface area contributed by atoms with Crippen LogP contribution in [0.5, 0.6) is 0 Å². The van der Waals surface area contributed by atoms with Crippen molar-refractivity contribution in [2.24, 2.45) is 11.8 Å². The molecule has 1 aliphatic rings. The predicted octanol–water partition coefficient (Wildman–Crippen LogP) is 3.44. The zero-order valence-electron chi connectivity index (χ0n) is 12.4. The molecular formula is C16H23ClO2S. The Hall–Kier alpha value is -0.540. The fourth-order valence-electron chi connectivity index (χ4n) is 3.34. The highest BCUT2D eigenvalue weighted by atomic mass is 35.5. The zero-order valence-corrected chi connectivity index (χ0v) is 14.0. The second-order valence-corrected chi connectivity index (χ2v) is 8.70. The molecule has 1 aromatic carbocycles. The molecule has 1 aliphatic heterocycles. The van der Waals surface area contributed by atoms with Crippen molar-refractivity contribution in [2.75, 3.05) is 17.4 Å². The van der Waals surface area contributed by atoms with Crippen molar-refractivity contribution in [3.05, 3.63) is 34.4 Å². The fraction of sp³-hybridized carbons (Fsp3) is 0.625. The van der Waals surface area contributed by atoms with Crippen molar-refractivity contribution in [1.29, 1.82) is 0 Å². The Morgan fingerprint density at radius 1 is 1.25 bits per heavy atom. The lowest BCUT2D eigenvalue weighted by Crippen LogP contribution is -2.21. The van der Waals surface area contributed by atoms with Gasteiger partial charge in [-0.3, -0.25) is 0 Å². The van der Waals surface area contributed by atoms with Crippen LogP contribution in [0.1, 0.15) is 28.7 Å². The number of aryl methyl sites for hydroxylation is 3. The summed E-state index contributed by atoms with van der Waals surface area (Å²) in [5, 5.41) is 0. The van der Waals surface area contributed by atoms with Crippen molar-refractivity contribution < 1.29 is 8.42 Å². The van der Waals surface area contributed by atoms with E-state index >= 15 is 0 Å². The van der Waals surface area contributed by atoms with Crippen molar-refractivity contribution in [3.8, 4) is 0 Å². The van der Waals surface area contributed by atoms with Crippen molar-refractivity contribution in [2.45, 2.75) is 33.6 Å². The molecule has 0 bridgehead atoms. The molecular weight excluding hydrogens is 292 g/mol. The molecule has 0 aromatic heterocycles. The smallest absolute Gasteiger partial charge is 0.150 e. The summed E-state index contributed by atoms with van der Waals surface area (Å²) in [6.07, 6.45) is 1.66. The zero-order chi connectivity index (χ0) is 14.9. The average Bonchev–Trinajstić information content (AvgIpc) is 2.68. The molecule has 0 radical (unpaired) electrons. The van der Waals surface area contributed by atoms with Gasteiger partial charge >= 0.3 is 0 Å². The van der Waals surface area contributed by atoms with Gasteiger partial charge in [-0.05, 0) is 62.1 Å². The lowest BCUT2D eigenvalue weighted by Gasteiger charge is -2.22. The van der Waals surface area contributed by atoms with Gasteiger partial charge in [0.25, 0.3) is 0 Å². The molecule has 112 valence electrons. The Morgan fingerprint density at radius 2 is 1.85 bits per heavy atom. The summed E-state index contributed by atoms with van der Waals surface area (Å²) in [4.78, 5) is 0. The molecule has 0 N–H and O–H groups in total. The van der Waals surface area contributed by atoms with Crippen LogP contribution in [0.2, 0.25) is 0 Å². The van der Waals surface area contributed by atoms with E-state index in [4.69, 9.17) is 11.6 Å². The molecule has 0 amide bonds. The van der Waals surface area contributed by atoms with Crippen LogP contribution in [-0.2, 0) is 16.3 Å². The number of rotatable bonds is 4. The van der Waals surface area contributed by atoms with Crippen molar-refractivity contribution in [3.63, 3.8) is 0 Å². The number of halogens is 1. The number of hydrogen-bond acceptors (Lipinski definition) is 2. The molecule has 1 aromatic rings. The first-order valence-corrected chi connectivity index (χ1v) is 9.51. The monoisotopic (exact) mass is 314 g/mol. The molecule has 0 saturated carbocycles. The second kappa shape index (κ2) is 6.07. The van der Waals surface area contributed by atoms with Crippen LogP contribution < -0.4 is 0 Å². The van der Waals surface area contributed by atoms with E-state index in [2.05, 4.69) is 32.9 Å². The summed E-state index contributed by atoms with van der Waals surface area (Å²) >= 11 is 6.13. The average molecular weight is 315 g/mol. The normalized spacial score (nSPS) is 22.9. The maximum Gasteiger partial charge on any atom is 0.150 e. The number of sulfone groups is 1. The molecule has 0 spiro atoms. The largest absolute Gasteiger partial charge is 0.229 e. The molecule has 2 unspecified atom stereocenters. The number of alkyl halides is 1. The third kappa shape index (κ3) is 3.56. The van der Waals surface area contributed by atoms with Gasteiger partial charge in [-0.2, -0.15) is 0 Å². The molecule has 1 heterocycles. The first-order valence-electron chi connectivity index (χ1n) is 7.15. The standard InChI is InChI=1S/C16H23ClO2S/c1-11-6-12(2)16(13(3)7-11)8-15(9-17)14-4-5-20(18,19)10-14/h6-7,14-15H,4-5,8-10H2,1-3H3. The fourth-order valence-corrected chi connectivity index (χ4v) is 5.62. The number of hydrogen-bond donors (Lipinski definition) is 0. The third-order valence-corrected chi connectivity index (χ3v) is 6.63. The van der Waals surface area contributed by atoms with Crippen LogP contribution >= 0.6 is 11.6 Å². The van der Waals surface area contributed by atoms with E-state index in [1.165, 1.54) is 22.3 Å². The van der Waals surface area contributed by atoms with Gasteiger partial charge in [-0.1, -0.05) is 17.7 Å². The Bertz CT molecular complexity index is 569. The quantitative estimate of drug-likeness (QED) is 0.798. The molecule has 4 heteroatoms. The molecule has 1 fully saturated rings. The van der Waals surface area contributed by atoms with Crippen molar-refractivity contribution in [1.82, 2.24) is 0 Å². The van der Waals surface area contributed by atoms with E-state index in [0.717, 1.165) is 12.8 Å². The minimum Gasteiger partial charge on any atom is -0.229 e. The summed E-state index contributed by atoms with van der Waals surface area (Å²) in [7, 11) is -2.83. The van der Waals surface area contributed by atoms with Crippen LogP contribution in [0.3, 0.4) is 0 Å².